The molecule has 0 amide bonds. The van der Waals surface area contributed by atoms with Gasteiger partial charge in [-0.3, -0.25) is 4.90 Å². The minimum absolute atomic E-state index is 0.0320. The van der Waals surface area contributed by atoms with Gasteiger partial charge in [-0.05, 0) is 51.0 Å². The lowest BCUT2D eigenvalue weighted by molar-refractivity contribution is -0.0707. The van der Waals surface area contributed by atoms with Gasteiger partial charge in [-0.25, -0.2) is 8.42 Å². The maximum atomic E-state index is 13.1. The molecule has 3 unspecified atom stereocenters. The summed E-state index contributed by atoms with van der Waals surface area (Å²) in [5.41, 5.74) is 0. The van der Waals surface area contributed by atoms with Crippen LogP contribution in [0.2, 0.25) is 0 Å². The lowest BCUT2D eigenvalue weighted by Crippen LogP contribution is -2.50. The first-order valence-corrected chi connectivity index (χ1v) is 10.4. The summed E-state index contributed by atoms with van der Waals surface area (Å²) in [4.78, 5) is 2.68. The SMILES string of the molecule is COc1ccc(S(=O)(=O)N2CCCC2CN2CC(C)OC(C)C2)cc1. The Morgan fingerprint density at radius 1 is 1.16 bits per heavy atom. The van der Waals surface area contributed by atoms with Crippen LogP contribution in [-0.4, -0.2) is 69.2 Å². The summed E-state index contributed by atoms with van der Waals surface area (Å²) in [6.07, 6.45) is 2.21. The number of morpholine rings is 1. The fourth-order valence-corrected chi connectivity index (χ4v) is 5.61. The minimum atomic E-state index is -3.47. The Hall–Kier alpha value is -1.15. The molecule has 3 rings (SSSR count). The second kappa shape index (κ2) is 7.61. The Morgan fingerprint density at radius 2 is 1.80 bits per heavy atom. The van der Waals surface area contributed by atoms with E-state index in [4.69, 9.17) is 9.47 Å². The Balaban J connectivity index is 1.73. The van der Waals surface area contributed by atoms with Crippen molar-refractivity contribution in [3.63, 3.8) is 0 Å². The van der Waals surface area contributed by atoms with E-state index in [1.165, 1.54) is 0 Å². The number of hydrogen-bond donors (Lipinski definition) is 0. The molecule has 6 nitrogen and oxygen atoms in total. The maximum Gasteiger partial charge on any atom is 0.243 e. The maximum absolute atomic E-state index is 13.1. The molecule has 2 aliphatic rings. The predicted octanol–water partition coefficient (Wildman–Crippen LogP) is 1.96. The van der Waals surface area contributed by atoms with Crippen LogP contribution in [0.4, 0.5) is 0 Å². The van der Waals surface area contributed by atoms with Crippen molar-refractivity contribution in [1.82, 2.24) is 9.21 Å². The zero-order chi connectivity index (χ0) is 18.0. The smallest absolute Gasteiger partial charge is 0.243 e. The third-order valence-electron chi connectivity index (χ3n) is 4.95. The molecule has 1 aromatic rings. The lowest BCUT2D eigenvalue weighted by atomic mass is 10.1. The van der Waals surface area contributed by atoms with E-state index in [0.29, 0.717) is 17.2 Å². The Morgan fingerprint density at radius 3 is 2.40 bits per heavy atom. The van der Waals surface area contributed by atoms with Crippen molar-refractivity contribution in [2.45, 2.75) is 49.8 Å². The van der Waals surface area contributed by atoms with Gasteiger partial charge < -0.3 is 9.47 Å². The molecule has 0 N–H and O–H groups in total. The molecule has 3 atom stereocenters. The van der Waals surface area contributed by atoms with Crippen LogP contribution in [0, 0.1) is 0 Å². The van der Waals surface area contributed by atoms with Crippen LogP contribution in [0.3, 0.4) is 0 Å². The minimum Gasteiger partial charge on any atom is -0.497 e. The number of benzene rings is 1. The van der Waals surface area contributed by atoms with Crippen molar-refractivity contribution in [1.29, 1.82) is 0 Å². The summed E-state index contributed by atoms with van der Waals surface area (Å²) >= 11 is 0. The van der Waals surface area contributed by atoms with Gasteiger partial charge in [0.05, 0.1) is 24.2 Å². The first-order valence-electron chi connectivity index (χ1n) is 8.94. The monoisotopic (exact) mass is 368 g/mol. The molecular weight excluding hydrogens is 340 g/mol. The first-order chi connectivity index (χ1) is 11.9. The largest absolute Gasteiger partial charge is 0.497 e. The zero-order valence-corrected chi connectivity index (χ0v) is 16.0. The highest BCUT2D eigenvalue weighted by molar-refractivity contribution is 7.89. The van der Waals surface area contributed by atoms with Gasteiger partial charge in [-0.2, -0.15) is 4.31 Å². The molecule has 2 aliphatic heterocycles. The molecule has 25 heavy (non-hydrogen) atoms. The second-order valence-electron chi connectivity index (χ2n) is 7.06. The summed E-state index contributed by atoms with van der Waals surface area (Å²) in [5, 5.41) is 0. The average molecular weight is 368 g/mol. The van der Waals surface area contributed by atoms with E-state index in [9.17, 15) is 8.42 Å². The van der Waals surface area contributed by atoms with Gasteiger partial charge in [0, 0.05) is 32.2 Å². The third kappa shape index (κ3) is 4.16. The second-order valence-corrected chi connectivity index (χ2v) is 8.95. The van der Waals surface area contributed by atoms with Crippen molar-refractivity contribution >= 4 is 10.0 Å². The van der Waals surface area contributed by atoms with Gasteiger partial charge in [0.25, 0.3) is 0 Å². The molecule has 2 fully saturated rings. The van der Waals surface area contributed by atoms with Crippen LogP contribution in [0.5, 0.6) is 5.75 Å². The molecule has 0 spiro atoms. The molecule has 0 saturated carbocycles. The molecule has 1 aromatic carbocycles. The first kappa shape index (κ1) is 18.6. The molecule has 2 heterocycles. The van der Waals surface area contributed by atoms with E-state index < -0.39 is 10.0 Å². The van der Waals surface area contributed by atoms with Crippen molar-refractivity contribution in [2.75, 3.05) is 33.3 Å². The highest BCUT2D eigenvalue weighted by Crippen LogP contribution is 2.28. The average Bonchev–Trinajstić information content (AvgIpc) is 3.03. The summed E-state index contributed by atoms with van der Waals surface area (Å²) in [5.74, 6) is 0.660. The van der Waals surface area contributed by atoms with E-state index in [1.807, 2.05) is 0 Å². The fraction of sp³-hybridized carbons (Fsp3) is 0.667. The number of hydrogen-bond acceptors (Lipinski definition) is 5. The van der Waals surface area contributed by atoms with Crippen molar-refractivity contribution in [3.05, 3.63) is 24.3 Å². The van der Waals surface area contributed by atoms with E-state index in [0.717, 1.165) is 32.5 Å². The summed E-state index contributed by atoms with van der Waals surface area (Å²) in [6, 6.07) is 6.68. The standard InChI is InChI=1S/C18H28N2O4S/c1-14-11-19(12-15(2)24-14)13-16-5-4-10-20(16)25(21,22)18-8-6-17(23-3)7-9-18/h6-9,14-16H,4-5,10-13H2,1-3H3. The number of sulfonamides is 1. The third-order valence-corrected chi connectivity index (χ3v) is 6.92. The quantitative estimate of drug-likeness (QED) is 0.795. The summed E-state index contributed by atoms with van der Waals surface area (Å²) < 4.78 is 38.7. The van der Waals surface area contributed by atoms with E-state index >= 15 is 0 Å². The normalized spacial score (nSPS) is 29.0. The van der Waals surface area contributed by atoms with Gasteiger partial charge >= 0.3 is 0 Å². The number of nitrogens with zero attached hydrogens (tertiary/aromatic N) is 2. The van der Waals surface area contributed by atoms with Gasteiger partial charge in [-0.1, -0.05) is 0 Å². The molecule has 0 radical (unpaired) electrons. The highest BCUT2D eigenvalue weighted by Gasteiger charge is 2.37. The lowest BCUT2D eigenvalue weighted by Gasteiger charge is -2.38. The van der Waals surface area contributed by atoms with Gasteiger partial charge in [0.15, 0.2) is 0 Å². The number of methoxy groups -OCH3 is 1. The summed E-state index contributed by atoms with van der Waals surface area (Å²) in [7, 11) is -1.90. The van der Waals surface area contributed by atoms with Crippen LogP contribution >= 0.6 is 0 Å². The van der Waals surface area contributed by atoms with Crippen molar-refractivity contribution in [3.8, 4) is 5.75 Å². The molecule has 0 aliphatic carbocycles. The van der Waals surface area contributed by atoms with Crippen LogP contribution in [0.1, 0.15) is 26.7 Å². The number of ether oxygens (including phenoxy) is 2. The number of rotatable bonds is 5. The molecule has 0 aromatic heterocycles. The van der Waals surface area contributed by atoms with Gasteiger partial charge in [0.1, 0.15) is 5.75 Å². The van der Waals surface area contributed by atoms with Gasteiger partial charge in [0.2, 0.25) is 10.0 Å². The van der Waals surface area contributed by atoms with Crippen LogP contribution in [0.25, 0.3) is 0 Å². The molecular formula is C18H28N2O4S. The van der Waals surface area contributed by atoms with Crippen molar-refractivity contribution < 1.29 is 17.9 Å². The van der Waals surface area contributed by atoms with Crippen molar-refractivity contribution in [2.24, 2.45) is 0 Å². The van der Waals surface area contributed by atoms with Crippen LogP contribution in [0.15, 0.2) is 29.2 Å². The van der Waals surface area contributed by atoms with E-state index in [1.54, 1.807) is 35.7 Å². The van der Waals surface area contributed by atoms with E-state index in [-0.39, 0.29) is 18.2 Å². The topological polar surface area (TPSA) is 59.1 Å². The zero-order valence-electron chi connectivity index (χ0n) is 15.2. The van der Waals surface area contributed by atoms with Crippen LogP contribution in [-0.2, 0) is 14.8 Å². The molecule has 0 bridgehead atoms. The Kier molecular flexibility index (Phi) is 5.68. The van der Waals surface area contributed by atoms with Crippen LogP contribution < -0.4 is 4.74 Å². The predicted molar refractivity (Wildman–Crippen MR) is 96.4 cm³/mol. The van der Waals surface area contributed by atoms with Gasteiger partial charge in [-0.15, -0.1) is 0 Å². The Bertz CT molecular complexity index is 667. The molecule has 140 valence electrons. The van der Waals surface area contributed by atoms with E-state index in [2.05, 4.69) is 18.7 Å². The highest BCUT2D eigenvalue weighted by atomic mass is 32.2. The Labute approximate surface area is 150 Å². The molecule has 2 saturated heterocycles. The molecule has 7 heteroatoms. The summed E-state index contributed by atoms with van der Waals surface area (Å²) in [6.45, 7) is 7.22. The fourth-order valence-electron chi connectivity index (χ4n) is 3.92.